The number of hydrogen-bond donors (Lipinski definition) is 1. The van der Waals surface area contributed by atoms with E-state index >= 15 is 0 Å². The third-order valence-electron chi connectivity index (χ3n) is 4.70. The van der Waals surface area contributed by atoms with Crippen molar-refractivity contribution in [2.75, 3.05) is 5.32 Å². The number of benzene rings is 1. The first kappa shape index (κ1) is 19.5. The number of alkyl halides is 2. The maximum absolute atomic E-state index is 12.8. The monoisotopic (exact) mass is 412 g/mol. The number of halogens is 2. The van der Waals surface area contributed by atoms with Gasteiger partial charge in [-0.3, -0.25) is 9.48 Å². The molecule has 0 radical (unpaired) electrons. The fourth-order valence-corrected chi connectivity index (χ4v) is 3.09. The number of aryl methyl sites for hydroxylation is 2. The molecule has 10 heteroatoms. The lowest BCUT2D eigenvalue weighted by Crippen LogP contribution is -2.15. The summed E-state index contributed by atoms with van der Waals surface area (Å²) in [6.45, 7) is 0.695. The molecular formula is C20H18F2N6O2. The first-order valence-corrected chi connectivity index (χ1v) is 9.04. The van der Waals surface area contributed by atoms with Crippen molar-refractivity contribution in [2.24, 2.45) is 7.05 Å². The van der Waals surface area contributed by atoms with Gasteiger partial charge in [-0.2, -0.15) is 19.0 Å². The smallest absolute Gasteiger partial charge is 0.387 e. The second-order valence-corrected chi connectivity index (χ2v) is 6.73. The number of ether oxygens (including phenoxy) is 1. The molecule has 0 saturated heterocycles. The summed E-state index contributed by atoms with van der Waals surface area (Å²) in [7, 11) is 1.83. The number of anilines is 1. The maximum Gasteiger partial charge on any atom is 0.387 e. The predicted octanol–water partition coefficient (Wildman–Crippen LogP) is 3.60. The molecule has 8 nitrogen and oxygen atoms in total. The highest BCUT2D eigenvalue weighted by Crippen LogP contribution is 2.28. The van der Waals surface area contributed by atoms with Crippen LogP contribution in [0.5, 0.6) is 5.75 Å². The van der Waals surface area contributed by atoms with E-state index < -0.39 is 12.5 Å². The van der Waals surface area contributed by atoms with Gasteiger partial charge < -0.3 is 10.1 Å². The van der Waals surface area contributed by atoms with Crippen molar-refractivity contribution in [3.8, 4) is 17.0 Å². The van der Waals surface area contributed by atoms with Crippen LogP contribution in [-0.4, -0.2) is 36.9 Å². The SMILES string of the molecule is Cc1ccc(OC(F)F)c(NC(=O)c2cc3nccc(-c4cnn(C)c4C)n3n2)c1. The molecule has 0 spiro atoms. The lowest BCUT2D eigenvalue weighted by molar-refractivity contribution is -0.0493. The molecule has 0 atom stereocenters. The van der Waals surface area contributed by atoms with E-state index in [9.17, 15) is 13.6 Å². The van der Waals surface area contributed by atoms with Gasteiger partial charge in [0.2, 0.25) is 0 Å². The summed E-state index contributed by atoms with van der Waals surface area (Å²) in [5, 5.41) is 11.2. The minimum absolute atomic E-state index is 0.0843. The van der Waals surface area contributed by atoms with Crippen molar-refractivity contribution >= 4 is 17.2 Å². The molecular weight excluding hydrogens is 394 g/mol. The molecule has 154 valence electrons. The minimum atomic E-state index is -3.01. The number of nitrogens with zero attached hydrogens (tertiary/aromatic N) is 5. The molecule has 30 heavy (non-hydrogen) atoms. The molecule has 0 unspecified atom stereocenters. The van der Waals surface area contributed by atoms with E-state index in [2.05, 4.69) is 25.2 Å². The second kappa shape index (κ2) is 7.54. The second-order valence-electron chi connectivity index (χ2n) is 6.73. The number of carbonyl (C=O) groups is 1. The van der Waals surface area contributed by atoms with Gasteiger partial charge in [-0.25, -0.2) is 9.50 Å². The lowest BCUT2D eigenvalue weighted by atomic mass is 10.2. The lowest BCUT2D eigenvalue weighted by Gasteiger charge is -2.12. The summed E-state index contributed by atoms with van der Waals surface area (Å²) in [4.78, 5) is 17.0. The molecule has 0 saturated carbocycles. The summed E-state index contributed by atoms with van der Waals surface area (Å²) in [6.07, 6.45) is 3.34. The van der Waals surface area contributed by atoms with Crippen LogP contribution in [0.3, 0.4) is 0 Å². The Bertz CT molecular complexity index is 1250. The highest BCUT2D eigenvalue weighted by Gasteiger charge is 2.18. The van der Waals surface area contributed by atoms with Crippen molar-refractivity contribution in [1.82, 2.24) is 24.4 Å². The van der Waals surface area contributed by atoms with E-state index in [4.69, 9.17) is 0 Å². The van der Waals surface area contributed by atoms with E-state index in [0.29, 0.717) is 5.65 Å². The molecule has 4 aromatic rings. The summed E-state index contributed by atoms with van der Waals surface area (Å²) in [6, 6.07) is 7.85. The van der Waals surface area contributed by atoms with E-state index in [1.807, 2.05) is 14.0 Å². The zero-order valence-electron chi connectivity index (χ0n) is 16.4. The van der Waals surface area contributed by atoms with E-state index in [0.717, 1.165) is 22.5 Å². The normalized spacial score (nSPS) is 11.3. The van der Waals surface area contributed by atoms with Crippen LogP contribution in [0.25, 0.3) is 16.9 Å². The Kier molecular flexibility index (Phi) is 4.90. The Labute approximate surface area is 170 Å². The standard InChI is InChI=1S/C20H18F2N6O2/c1-11-4-5-17(30-20(21)22)14(8-11)25-19(29)15-9-18-23-7-6-16(28(18)26-15)13-10-24-27(3)12(13)2/h4-10,20H,1-3H3,(H,25,29). The van der Waals surface area contributed by atoms with Crippen LogP contribution in [0, 0.1) is 13.8 Å². The predicted molar refractivity (Wildman–Crippen MR) is 106 cm³/mol. The molecule has 1 aromatic carbocycles. The Morgan fingerprint density at radius 3 is 2.70 bits per heavy atom. The van der Waals surface area contributed by atoms with Gasteiger partial charge in [-0.05, 0) is 37.6 Å². The van der Waals surface area contributed by atoms with Gasteiger partial charge >= 0.3 is 6.61 Å². The number of carbonyl (C=O) groups excluding carboxylic acids is 1. The zero-order chi connectivity index (χ0) is 21.4. The van der Waals surface area contributed by atoms with Crippen LogP contribution in [0.4, 0.5) is 14.5 Å². The molecule has 4 rings (SSSR count). The zero-order valence-corrected chi connectivity index (χ0v) is 16.4. The fraction of sp³-hybridized carbons (Fsp3) is 0.200. The van der Waals surface area contributed by atoms with E-state index in [1.54, 1.807) is 46.7 Å². The van der Waals surface area contributed by atoms with Crippen molar-refractivity contribution in [3.05, 3.63) is 59.7 Å². The summed E-state index contributed by atoms with van der Waals surface area (Å²) in [5.74, 6) is -0.698. The number of rotatable bonds is 5. The van der Waals surface area contributed by atoms with Gasteiger partial charge in [-0.1, -0.05) is 6.07 Å². The highest BCUT2D eigenvalue weighted by molar-refractivity contribution is 6.04. The minimum Gasteiger partial charge on any atom is -0.433 e. The molecule has 0 aliphatic heterocycles. The third-order valence-corrected chi connectivity index (χ3v) is 4.70. The average molecular weight is 412 g/mol. The maximum atomic E-state index is 12.8. The molecule has 0 aliphatic rings. The van der Waals surface area contributed by atoms with Crippen LogP contribution < -0.4 is 10.1 Å². The number of hydrogen-bond acceptors (Lipinski definition) is 5. The van der Waals surface area contributed by atoms with E-state index in [-0.39, 0.29) is 17.1 Å². The first-order chi connectivity index (χ1) is 14.3. The van der Waals surface area contributed by atoms with Crippen molar-refractivity contribution in [1.29, 1.82) is 0 Å². The molecule has 0 aliphatic carbocycles. The Balaban J connectivity index is 1.70. The third kappa shape index (κ3) is 3.59. The average Bonchev–Trinajstić information content (AvgIpc) is 3.28. The fourth-order valence-electron chi connectivity index (χ4n) is 3.09. The van der Waals surface area contributed by atoms with Gasteiger partial charge in [0.25, 0.3) is 5.91 Å². The summed E-state index contributed by atoms with van der Waals surface area (Å²) < 4.78 is 33.1. The van der Waals surface area contributed by atoms with E-state index in [1.165, 1.54) is 12.1 Å². The molecule has 1 N–H and O–H groups in total. The van der Waals surface area contributed by atoms with Gasteiger partial charge in [-0.15, -0.1) is 0 Å². The van der Waals surface area contributed by atoms with Crippen LogP contribution in [0.2, 0.25) is 0 Å². The Hall–Kier alpha value is -3.82. The number of amides is 1. The largest absolute Gasteiger partial charge is 0.433 e. The van der Waals surface area contributed by atoms with Crippen LogP contribution in [-0.2, 0) is 7.05 Å². The van der Waals surface area contributed by atoms with Gasteiger partial charge in [0.15, 0.2) is 11.3 Å². The van der Waals surface area contributed by atoms with Gasteiger partial charge in [0.1, 0.15) is 5.75 Å². The molecule has 0 fully saturated rings. The quantitative estimate of drug-likeness (QED) is 0.541. The first-order valence-electron chi connectivity index (χ1n) is 9.04. The molecule has 3 heterocycles. The van der Waals surface area contributed by atoms with Crippen LogP contribution in [0.1, 0.15) is 21.7 Å². The molecule has 3 aromatic heterocycles. The Morgan fingerprint density at radius 1 is 1.20 bits per heavy atom. The Morgan fingerprint density at radius 2 is 2.00 bits per heavy atom. The van der Waals surface area contributed by atoms with Gasteiger partial charge in [0, 0.05) is 30.6 Å². The topological polar surface area (TPSA) is 86.3 Å². The number of nitrogens with one attached hydrogen (secondary N) is 1. The van der Waals surface area contributed by atoms with Crippen LogP contribution >= 0.6 is 0 Å². The van der Waals surface area contributed by atoms with Crippen LogP contribution in [0.15, 0.2) is 42.7 Å². The summed E-state index contributed by atoms with van der Waals surface area (Å²) in [5.41, 5.74) is 3.97. The number of fused-ring (bicyclic) bond motifs is 1. The van der Waals surface area contributed by atoms with Crippen molar-refractivity contribution < 1.29 is 18.3 Å². The van der Waals surface area contributed by atoms with Gasteiger partial charge in [0.05, 0.1) is 17.6 Å². The highest BCUT2D eigenvalue weighted by atomic mass is 19.3. The number of aromatic nitrogens is 5. The molecule has 0 bridgehead atoms. The summed E-state index contributed by atoms with van der Waals surface area (Å²) >= 11 is 0. The van der Waals surface area contributed by atoms with Crippen molar-refractivity contribution in [2.45, 2.75) is 20.5 Å². The molecule has 1 amide bonds. The van der Waals surface area contributed by atoms with Crippen molar-refractivity contribution in [3.63, 3.8) is 0 Å².